The lowest BCUT2D eigenvalue weighted by atomic mass is 9.92. The zero-order valence-corrected chi connectivity index (χ0v) is 25.4. The summed E-state index contributed by atoms with van der Waals surface area (Å²) in [7, 11) is 1.17. The normalized spacial score (nSPS) is 16.7. The minimum Gasteiger partial charge on any atom is -0.481 e. The number of aliphatic carboxylic acids is 1. The number of rotatable bonds is 8. The largest absolute Gasteiger partial charge is 0.481 e. The Kier molecular flexibility index (Phi) is 11.0. The van der Waals surface area contributed by atoms with Crippen molar-refractivity contribution in [3.63, 3.8) is 0 Å². The van der Waals surface area contributed by atoms with Gasteiger partial charge in [-0.3, -0.25) is 18.7 Å². The van der Waals surface area contributed by atoms with Gasteiger partial charge in [0.15, 0.2) is 0 Å². The Morgan fingerprint density at radius 1 is 1.02 bits per heavy atom. The van der Waals surface area contributed by atoms with E-state index < -0.39 is 16.8 Å². The van der Waals surface area contributed by atoms with E-state index in [-0.39, 0.29) is 11.8 Å². The van der Waals surface area contributed by atoms with Crippen molar-refractivity contribution >= 4 is 33.4 Å². The average molecular weight is 600 g/mol. The molecule has 2 heterocycles. The Hall–Kier alpha value is -4.09. The number of hydrogen-bond donors (Lipinski definition) is 1. The van der Waals surface area contributed by atoms with E-state index in [2.05, 4.69) is 21.9 Å². The van der Waals surface area contributed by atoms with Crippen LogP contribution in [0.4, 0.5) is 0 Å². The van der Waals surface area contributed by atoms with Crippen LogP contribution in [0.15, 0.2) is 60.7 Å². The SMILES string of the molecule is CC(=O)O.CN(CC(CCN1CC(N2CCS(=O)CC2)C1)c1ccc(C#N)cc1)C(=O)c1cc(C#N)cc2ccccc12. The zero-order valence-electron chi connectivity index (χ0n) is 24.6. The van der Waals surface area contributed by atoms with Gasteiger partial charge in [0, 0.05) is 86.5 Å². The molecule has 43 heavy (non-hydrogen) atoms. The van der Waals surface area contributed by atoms with Crippen molar-refractivity contribution < 1.29 is 18.9 Å². The molecule has 3 aromatic rings. The molecule has 2 fully saturated rings. The van der Waals surface area contributed by atoms with Crippen LogP contribution in [0.2, 0.25) is 0 Å². The first-order chi connectivity index (χ1) is 20.7. The number of nitriles is 2. The molecule has 0 saturated carbocycles. The van der Waals surface area contributed by atoms with Crippen LogP contribution in [0.25, 0.3) is 10.8 Å². The number of carbonyl (C=O) groups is 2. The van der Waals surface area contributed by atoms with Crippen LogP contribution in [-0.2, 0) is 15.6 Å². The zero-order chi connectivity index (χ0) is 30.9. The fourth-order valence-electron chi connectivity index (χ4n) is 5.68. The molecular formula is C33H37N5O4S. The van der Waals surface area contributed by atoms with Gasteiger partial charge in [0.05, 0.1) is 23.3 Å². The summed E-state index contributed by atoms with van der Waals surface area (Å²) in [6.45, 7) is 6.44. The fourth-order valence-corrected chi connectivity index (χ4v) is 6.76. The monoisotopic (exact) mass is 599 g/mol. The van der Waals surface area contributed by atoms with Gasteiger partial charge in [-0.2, -0.15) is 10.5 Å². The Morgan fingerprint density at radius 3 is 2.28 bits per heavy atom. The second-order valence-corrected chi connectivity index (χ2v) is 12.8. The first kappa shape index (κ1) is 31.8. The molecule has 2 saturated heterocycles. The van der Waals surface area contributed by atoms with Crippen molar-refractivity contribution in [3.05, 3.63) is 82.9 Å². The van der Waals surface area contributed by atoms with Crippen LogP contribution in [0.1, 0.15) is 46.3 Å². The summed E-state index contributed by atoms with van der Waals surface area (Å²) in [6, 6.07) is 23.8. The predicted octanol–water partition coefficient (Wildman–Crippen LogP) is 3.67. The molecule has 1 atom stereocenters. The van der Waals surface area contributed by atoms with Gasteiger partial charge in [0.1, 0.15) is 0 Å². The molecular weight excluding hydrogens is 562 g/mol. The third-order valence-corrected chi connectivity index (χ3v) is 9.31. The second kappa shape index (κ2) is 14.9. The molecule has 1 unspecified atom stereocenters. The summed E-state index contributed by atoms with van der Waals surface area (Å²) in [6.07, 6.45) is 0.888. The topological polar surface area (TPSA) is 129 Å². The average Bonchev–Trinajstić information content (AvgIpc) is 2.99. The third-order valence-electron chi connectivity index (χ3n) is 8.03. The molecule has 1 amide bonds. The summed E-state index contributed by atoms with van der Waals surface area (Å²) >= 11 is 0. The van der Waals surface area contributed by atoms with Gasteiger partial charge in [-0.1, -0.05) is 36.4 Å². The molecule has 3 aromatic carbocycles. The number of hydrogen-bond acceptors (Lipinski definition) is 7. The Bertz CT molecular complexity index is 1540. The lowest BCUT2D eigenvalue weighted by Crippen LogP contribution is -2.61. The lowest BCUT2D eigenvalue weighted by Gasteiger charge is -2.47. The van der Waals surface area contributed by atoms with Crippen LogP contribution in [0.5, 0.6) is 0 Å². The maximum atomic E-state index is 13.7. The number of likely N-dealkylation sites (tertiary alicyclic amines) is 1. The number of carboxylic acids is 1. The van der Waals surface area contributed by atoms with Crippen LogP contribution >= 0.6 is 0 Å². The molecule has 0 aromatic heterocycles. The Labute approximate surface area is 255 Å². The van der Waals surface area contributed by atoms with Gasteiger partial charge in [0.2, 0.25) is 0 Å². The van der Waals surface area contributed by atoms with Gasteiger partial charge in [-0.15, -0.1) is 0 Å². The van der Waals surface area contributed by atoms with E-state index >= 15 is 0 Å². The maximum Gasteiger partial charge on any atom is 0.300 e. The Balaban J connectivity index is 0.000000996. The van der Waals surface area contributed by atoms with Crippen molar-refractivity contribution in [2.24, 2.45) is 0 Å². The molecule has 0 spiro atoms. The number of benzene rings is 3. The highest BCUT2D eigenvalue weighted by Gasteiger charge is 2.33. The molecule has 2 aliphatic heterocycles. The minimum atomic E-state index is -0.833. The van der Waals surface area contributed by atoms with E-state index in [0.717, 1.165) is 73.9 Å². The number of fused-ring (bicyclic) bond motifs is 1. The van der Waals surface area contributed by atoms with Crippen LogP contribution in [0.3, 0.4) is 0 Å². The summed E-state index contributed by atoms with van der Waals surface area (Å²) in [5, 5.41) is 27.9. The van der Waals surface area contributed by atoms with Crippen molar-refractivity contribution in [1.29, 1.82) is 10.5 Å². The van der Waals surface area contributed by atoms with E-state index in [0.29, 0.717) is 29.3 Å². The van der Waals surface area contributed by atoms with E-state index in [9.17, 15) is 19.5 Å². The minimum absolute atomic E-state index is 0.103. The first-order valence-electron chi connectivity index (χ1n) is 14.4. The third kappa shape index (κ3) is 8.48. The van der Waals surface area contributed by atoms with Crippen molar-refractivity contribution in [2.45, 2.75) is 25.3 Å². The van der Waals surface area contributed by atoms with Crippen molar-refractivity contribution in [2.75, 3.05) is 57.8 Å². The predicted molar refractivity (Wildman–Crippen MR) is 167 cm³/mol. The number of amides is 1. The molecule has 0 bridgehead atoms. The molecule has 10 heteroatoms. The molecule has 1 N–H and O–H groups in total. The number of carboxylic acid groups (broad SMARTS) is 1. The quantitative estimate of drug-likeness (QED) is 0.415. The molecule has 0 aliphatic carbocycles. The van der Waals surface area contributed by atoms with E-state index in [1.165, 1.54) is 0 Å². The molecule has 9 nitrogen and oxygen atoms in total. The fraction of sp³-hybridized carbons (Fsp3) is 0.394. The molecule has 2 aliphatic rings. The molecule has 0 radical (unpaired) electrons. The lowest BCUT2D eigenvalue weighted by molar-refractivity contribution is -0.134. The summed E-state index contributed by atoms with van der Waals surface area (Å²) in [5.74, 6) is 0.732. The number of nitrogens with zero attached hydrogens (tertiary/aromatic N) is 5. The highest BCUT2D eigenvalue weighted by Crippen LogP contribution is 2.27. The number of carbonyl (C=O) groups excluding carboxylic acids is 1. The molecule has 224 valence electrons. The first-order valence-corrected chi connectivity index (χ1v) is 15.9. The standard InChI is InChI=1S/C31H33N5O2S.C2H4O2/c1-34(31(37)30-17-24(19-33)16-26-4-2-3-5-29(26)30)20-27(25-8-6-23(18-32)7-9-25)10-11-35-21-28(22-35)36-12-14-39(38)15-13-36;1-2(3)4/h2-9,16-17,27-28H,10-15,20-22H2,1H3;1H3,(H,3,4). The maximum absolute atomic E-state index is 13.7. The number of likely N-dealkylation sites (N-methyl/N-ethyl adjacent to an activating group) is 1. The second-order valence-electron chi connectivity index (χ2n) is 11.1. The van der Waals surface area contributed by atoms with Crippen molar-refractivity contribution in [1.82, 2.24) is 14.7 Å². The van der Waals surface area contributed by atoms with E-state index in [4.69, 9.17) is 9.90 Å². The van der Waals surface area contributed by atoms with E-state index in [1.54, 1.807) is 11.0 Å². The smallest absolute Gasteiger partial charge is 0.300 e. The molecule has 5 rings (SSSR count). The summed E-state index contributed by atoms with van der Waals surface area (Å²) < 4.78 is 11.7. The van der Waals surface area contributed by atoms with Gasteiger partial charge in [-0.05, 0) is 53.6 Å². The van der Waals surface area contributed by atoms with Gasteiger partial charge in [0.25, 0.3) is 11.9 Å². The van der Waals surface area contributed by atoms with Gasteiger partial charge in [-0.25, -0.2) is 0 Å². The van der Waals surface area contributed by atoms with Crippen LogP contribution in [-0.4, -0.2) is 99.8 Å². The van der Waals surface area contributed by atoms with Crippen molar-refractivity contribution in [3.8, 4) is 12.1 Å². The highest BCUT2D eigenvalue weighted by molar-refractivity contribution is 7.85. The Morgan fingerprint density at radius 2 is 1.65 bits per heavy atom. The summed E-state index contributed by atoms with van der Waals surface area (Å²) in [4.78, 5) is 29.4. The van der Waals surface area contributed by atoms with Crippen LogP contribution in [0, 0.1) is 22.7 Å². The van der Waals surface area contributed by atoms with E-state index in [1.807, 2.05) is 61.6 Å². The van der Waals surface area contributed by atoms with Gasteiger partial charge >= 0.3 is 0 Å². The highest BCUT2D eigenvalue weighted by atomic mass is 32.2. The van der Waals surface area contributed by atoms with Crippen LogP contribution < -0.4 is 0 Å². The summed E-state index contributed by atoms with van der Waals surface area (Å²) in [5.41, 5.74) is 2.75. The van der Waals surface area contributed by atoms with Gasteiger partial charge < -0.3 is 14.9 Å².